The van der Waals surface area contributed by atoms with Crippen molar-refractivity contribution in [3.8, 4) is 5.75 Å². The number of carbonyl (C=O) groups excluding carboxylic acids is 1. The highest BCUT2D eigenvalue weighted by Crippen LogP contribution is 2.11. The lowest BCUT2D eigenvalue weighted by atomic mass is 10.1. The number of aromatic hydroxyl groups is 1. The summed E-state index contributed by atoms with van der Waals surface area (Å²) in [6.45, 7) is 3.62. The first-order chi connectivity index (χ1) is 8.11. The smallest absolute Gasteiger partial charge is 0.224 e. The molecule has 0 bridgehead atoms. The van der Waals surface area contributed by atoms with Gasteiger partial charge < -0.3 is 15.7 Å². The second kappa shape index (κ2) is 6.91. The average molecular weight is 236 g/mol. The number of carbonyl (C=O) groups is 1. The van der Waals surface area contributed by atoms with Crippen LogP contribution in [-0.4, -0.2) is 31.2 Å². The molecule has 1 unspecified atom stereocenters. The molecule has 94 valence electrons. The minimum absolute atomic E-state index is 0.0152. The van der Waals surface area contributed by atoms with Crippen LogP contribution in [0.2, 0.25) is 0 Å². The molecule has 0 aliphatic heterocycles. The molecule has 1 aromatic rings. The number of hydrogen-bond acceptors (Lipinski definition) is 3. The maximum Gasteiger partial charge on any atom is 0.224 e. The van der Waals surface area contributed by atoms with Gasteiger partial charge in [0.2, 0.25) is 5.91 Å². The number of phenols is 1. The lowest BCUT2D eigenvalue weighted by Crippen LogP contribution is -2.33. The van der Waals surface area contributed by atoms with Crippen LogP contribution >= 0.6 is 0 Å². The van der Waals surface area contributed by atoms with Gasteiger partial charge in [-0.3, -0.25) is 4.79 Å². The highest BCUT2D eigenvalue weighted by molar-refractivity contribution is 5.78. The summed E-state index contributed by atoms with van der Waals surface area (Å²) in [5.74, 6) is 0.588. The fraction of sp³-hybridized carbons (Fsp3) is 0.462. The summed E-state index contributed by atoms with van der Waals surface area (Å²) in [4.78, 5) is 11.6. The predicted octanol–water partition coefficient (Wildman–Crippen LogP) is 0.906. The second-order valence-corrected chi connectivity index (χ2v) is 4.31. The monoisotopic (exact) mass is 236 g/mol. The first-order valence-corrected chi connectivity index (χ1v) is 5.81. The Morgan fingerprint density at radius 2 is 2.18 bits per heavy atom. The maximum atomic E-state index is 11.6. The van der Waals surface area contributed by atoms with Crippen LogP contribution < -0.4 is 10.6 Å². The van der Waals surface area contributed by atoms with Crippen LogP contribution in [0.5, 0.6) is 5.75 Å². The van der Waals surface area contributed by atoms with E-state index in [2.05, 4.69) is 17.6 Å². The topological polar surface area (TPSA) is 61.4 Å². The fourth-order valence-corrected chi connectivity index (χ4v) is 1.62. The molecular formula is C13H20N2O2. The number of hydrogen-bond donors (Lipinski definition) is 3. The van der Waals surface area contributed by atoms with Crippen LogP contribution in [-0.2, 0) is 11.2 Å². The average Bonchev–Trinajstić information content (AvgIpc) is 2.27. The Kier molecular flexibility index (Phi) is 5.49. The van der Waals surface area contributed by atoms with E-state index >= 15 is 0 Å². The third kappa shape index (κ3) is 5.36. The van der Waals surface area contributed by atoms with E-state index in [4.69, 9.17) is 0 Å². The van der Waals surface area contributed by atoms with Gasteiger partial charge in [0.15, 0.2) is 0 Å². The highest BCUT2D eigenvalue weighted by atomic mass is 16.3. The van der Waals surface area contributed by atoms with Crippen molar-refractivity contribution in [1.29, 1.82) is 0 Å². The minimum atomic E-state index is -0.0152. The summed E-state index contributed by atoms with van der Waals surface area (Å²) < 4.78 is 0. The molecule has 3 N–H and O–H groups in total. The van der Waals surface area contributed by atoms with Gasteiger partial charge in [-0.05, 0) is 37.2 Å². The van der Waals surface area contributed by atoms with Crippen molar-refractivity contribution in [2.75, 3.05) is 20.1 Å². The van der Waals surface area contributed by atoms with Gasteiger partial charge in [0.1, 0.15) is 5.75 Å². The van der Waals surface area contributed by atoms with Gasteiger partial charge in [-0.15, -0.1) is 0 Å². The van der Waals surface area contributed by atoms with Crippen molar-refractivity contribution in [3.05, 3.63) is 29.8 Å². The van der Waals surface area contributed by atoms with Crippen LogP contribution in [0.25, 0.3) is 0 Å². The molecule has 0 aliphatic carbocycles. The quantitative estimate of drug-likeness (QED) is 0.688. The Labute approximate surface area is 102 Å². The highest BCUT2D eigenvalue weighted by Gasteiger charge is 2.06. The Balaban J connectivity index is 2.34. The molecule has 1 atom stereocenters. The first-order valence-electron chi connectivity index (χ1n) is 5.81. The molecule has 1 amide bonds. The molecule has 1 aromatic carbocycles. The predicted molar refractivity (Wildman–Crippen MR) is 67.9 cm³/mol. The van der Waals surface area contributed by atoms with Gasteiger partial charge >= 0.3 is 0 Å². The lowest BCUT2D eigenvalue weighted by molar-refractivity contribution is -0.120. The molecule has 17 heavy (non-hydrogen) atoms. The second-order valence-electron chi connectivity index (χ2n) is 4.31. The van der Waals surface area contributed by atoms with E-state index in [0.29, 0.717) is 18.9 Å². The van der Waals surface area contributed by atoms with E-state index in [-0.39, 0.29) is 11.7 Å². The van der Waals surface area contributed by atoms with Gasteiger partial charge in [0.25, 0.3) is 0 Å². The third-order valence-electron chi connectivity index (χ3n) is 2.48. The van der Waals surface area contributed by atoms with Crippen LogP contribution in [0, 0.1) is 5.92 Å². The zero-order valence-electron chi connectivity index (χ0n) is 10.4. The van der Waals surface area contributed by atoms with E-state index in [1.54, 1.807) is 18.2 Å². The van der Waals surface area contributed by atoms with Gasteiger partial charge in [-0.1, -0.05) is 19.1 Å². The van der Waals surface area contributed by atoms with Crippen LogP contribution in [0.15, 0.2) is 24.3 Å². The van der Waals surface area contributed by atoms with E-state index in [1.807, 2.05) is 13.1 Å². The number of nitrogens with one attached hydrogen (secondary N) is 2. The Morgan fingerprint density at radius 3 is 2.82 bits per heavy atom. The summed E-state index contributed by atoms with van der Waals surface area (Å²) in [6, 6.07) is 6.77. The van der Waals surface area contributed by atoms with E-state index in [0.717, 1.165) is 12.1 Å². The van der Waals surface area contributed by atoms with Gasteiger partial charge in [-0.25, -0.2) is 0 Å². The molecule has 0 radical (unpaired) electrons. The molecule has 0 spiro atoms. The molecule has 0 saturated carbocycles. The van der Waals surface area contributed by atoms with Crippen molar-refractivity contribution < 1.29 is 9.90 Å². The van der Waals surface area contributed by atoms with Gasteiger partial charge in [-0.2, -0.15) is 0 Å². The minimum Gasteiger partial charge on any atom is -0.508 e. The first kappa shape index (κ1) is 13.5. The zero-order chi connectivity index (χ0) is 12.7. The molecule has 4 nitrogen and oxygen atoms in total. The van der Waals surface area contributed by atoms with Crippen molar-refractivity contribution in [3.63, 3.8) is 0 Å². The van der Waals surface area contributed by atoms with E-state index < -0.39 is 0 Å². The maximum absolute atomic E-state index is 11.6. The summed E-state index contributed by atoms with van der Waals surface area (Å²) in [5, 5.41) is 15.2. The molecule has 0 aromatic heterocycles. The van der Waals surface area contributed by atoms with Crippen LogP contribution in [0.4, 0.5) is 0 Å². The SMILES string of the molecule is CNCC(C)CNC(=O)Cc1cccc(O)c1. The Morgan fingerprint density at radius 1 is 1.41 bits per heavy atom. The molecule has 0 aliphatic rings. The molecule has 0 heterocycles. The molecular weight excluding hydrogens is 216 g/mol. The number of amides is 1. The Bertz CT molecular complexity index is 366. The van der Waals surface area contributed by atoms with Crippen molar-refractivity contribution in [2.45, 2.75) is 13.3 Å². The number of phenolic OH excluding ortho intramolecular Hbond substituents is 1. The standard InChI is InChI=1S/C13H20N2O2/c1-10(8-14-2)9-15-13(17)7-11-4-3-5-12(16)6-11/h3-6,10,14,16H,7-9H2,1-2H3,(H,15,17). The van der Waals surface area contributed by atoms with Crippen molar-refractivity contribution in [2.24, 2.45) is 5.92 Å². The van der Waals surface area contributed by atoms with Gasteiger partial charge in [0, 0.05) is 6.54 Å². The van der Waals surface area contributed by atoms with Gasteiger partial charge in [0.05, 0.1) is 6.42 Å². The van der Waals surface area contributed by atoms with Crippen LogP contribution in [0.1, 0.15) is 12.5 Å². The summed E-state index contributed by atoms with van der Waals surface area (Å²) in [6.07, 6.45) is 0.306. The normalized spacial score (nSPS) is 12.1. The summed E-state index contributed by atoms with van der Waals surface area (Å²) in [7, 11) is 1.89. The number of benzene rings is 1. The molecule has 1 rings (SSSR count). The lowest BCUT2D eigenvalue weighted by Gasteiger charge is -2.11. The van der Waals surface area contributed by atoms with E-state index in [1.165, 1.54) is 0 Å². The molecule has 4 heteroatoms. The Hall–Kier alpha value is -1.55. The largest absolute Gasteiger partial charge is 0.508 e. The summed E-state index contributed by atoms with van der Waals surface area (Å²) in [5.41, 5.74) is 0.823. The van der Waals surface area contributed by atoms with Crippen molar-refractivity contribution in [1.82, 2.24) is 10.6 Å². The summed E-state index contributed by atoms with van der Waals surface area (Å²) >= 11 is 0. The fourth-order valence-electron chi connectivity index (χ4n) is 1.62. The van der Waals surface area contributed by atoms with E-state index in [9.17, 15) is 9.90 Å². The number of rotatable bonds is 6. The molecule has 0 saturated heterocycles. The zero-order valence-corrected chi connectivity index (χ0v) is 10.4. The third-order valence-corrected chi connectivity index (χ3v) is 2.48. The molecule has 0 fully saturated rings. The van der Waals surface area contributed by atoms with Crippen LogP contribution in [0.3, 0.4) is 0 Å². The van der Waals surface area contributed by atoms with Crippen molar-refractivity contribution >= 4 is 5.91 Å².